The standard InChI is InChI=1S/C10H9BrClF2NO2/c11-5-1-2-7(12)6(3-5)10(17)15-4-8(16)9(13)14/h1-3,8-9,16H,4H2,(H,15,17). The first-order valence-corrected chi connectivity index (χ1v) is 5.78. The van der Waals surface area contributed by atoms with Crippen LogP contribution in [0.15, 0.2) is 22.7 Å². The molecule has 94 valence electrons. The second kappa shape index (κ2) is 6.28. The van der Waals surface area contributed by atoms with Gasteiger partial charge < -0.3 is 10.4 Å². The van der Waals surface area contributed by atoms with Gasteiger partial charge in [0.1, 0.15) is 6.10 Å². The van der Waals surface area contributed by atoms with E-state index in [2.05, 4.69) is 21.2 Å². The summed E-state index contributed by atoms with van der Waals surface area (Å²) < 4.78 is 24.6. The van der Waals surface area contributed by atoms with Crippen molar-refractivity contribution in [1.29, 1.82) is 0 Å². The van der Waals surface area contributed by atoms with E-state index in [4.69, 9.17) is 16.7 Å². The van der Waals surface area contributed by atoms with Gasteiger partial charge >= 0.3 is 0 Å². The first-order chi connectivity index (χ1) is 7.91. The second-order valence-corrected chi connectivity index (χ2v) is 4.56. The Morgan fingerprint density at radius 1 is 1.53 bits per heavy atom. The summed E-state index contributed by atoms with van der Waals surface area (Å²) in [5.74, 6) is -0.615. The molecule has 1 atom stereocenters. The third-order valence-corrected chi connectivity index (χ3v) is 2.76. The second-order valence-electron chi connectivity index (χ2n) is 3.24. The van der Waals surface area contributed by atoms with E-state index in [1.165, 1.54) is 12.1 Å². The van der Waals surface area contributed by atoms with Gasteiger partial charge in [0.05, 0.1) is 10.6 Å². The topological polar surface area (TPSA) is 49.3 Å². The predicted molar refractivity (Wildman–Crippen MR) is 63.5 cm³/mol. The van der Waals surface area contributed by atoms with Crippen molar-refractivity contribution in [3.63, 3.8) is 0 Å². The molecule has 0 bridgehead atoms. The van der Waals surface area contributed by atoms with E-state index in [0.29, 0.717) is 4.47 Å². The molecular weight excluding hydrogens is 319 g/mol. The van der Waals surface area contributed by atoms with E-state index >= 15 is 0 Å². The summed E-state index contributed by atoms with van der Waals surface area (Å²) >= 11 is 8.94. The van der Waals surface area contributed by atoms with Crippen molar-refractivity contribution in [3.05, 3.63) is 33.3 Å². The molecule has 7 heteroatoms. The average molecular weight is 329 g/mol. The van der Waals surface area contributed by atoms with Crippen molar-refractivity contribution in [2.24, 2.45) is 0 Å². The number of nitrogens with one attached hydrogen (secondary N) is 1. The highest BCUT2D eigenvalue weighted by Crippen LogP contribution is 2.20. The Labute approximate surface area is 110 Å². The first kappa shape index (κ1) is 14.3. The zero-order chi connectivity index (χ0) is 13.0. The fourth-order valence-electron chi connectivity index (χ4n) is 1.05. The van der Waals surface area contributed by atoms with Crippen LogP contribution >= 0.6 is 27.5 Å². The lowest BCUT2D eigenvalue weighted by atomic mass is 10.2. The van der Waals surface area contributed by atoms with E-state index in [0.717, 1.165) is 0 Å². The Hall–Kier alpha value is -0.720. The van der Waals surface area contributed by atoms with E-state index < -0.39 is 25.0 Å². The largest absolute Gasteiger partial charge is 0.385 e. The molecule has 0 saturated heterocycles. The summed E-state index contributed by atoms with van der Waals surface area (Å²) in [5.41, 5.74) is 0.155. The zero-order valence-corrected chi connectivity index (χ0v) is 10.8. The lowest BCUT2D eigenvalue weighted by Gasteiger charge is -2.11. The minimum Gasteiger partial charge on any atom is -0.385 e. The van der Waals surface area contributed by atoms with E-state index in [1.54, 1.807) is 6.07 Å². The maximum Gasteiger partial charge on any atom is 0.265 e. The number of amides is 1. The van der Waals surface area contributed by atoms with Gasteiger partial charge in [0.2, 0.25) is 0 Å². The number of benzene rings is 1. The van der Waals surface area contributed by atoms with Gasteiger partial charge in [0.15, 0.2) is 0 Å². The molecule has 0 saturated carbocycles. The minimum atomic E-state index is -2.90. The fraction of sp³-hybridized carbons (Fsp3) is 0.300. The number of rotatable bonds is 4. The van der Waals surface area contributed by atoms with Crippen LogP contribution in [0.2, 0.25) is 5.02 Å². The number of hydrogen-bond donors (Lipinski definition) is 2. The van der Waals surface area contributed by atoms with Gasteiger partial charge in [-0.3, -0.25) is 4.79 Å². The van der Waals surface area contributed by atoms with Gasteiger partial charge in [0, 0.05) is 11.0 Å². The molecule has 0 aliphatic rings. The van der Waals surface area contributed by atoms with Crippen molar-refractivity contribution in [3.8, 4) is 0 Å². The summed E-state index contributed by atoms with van der Waals surface area (Å²) in [7, 11) is 0. The van der Waals surface area contributed by atoms with Crippen LogP contribution in [0.1, 0.15) is 10.4 Å². The van der Waals surface area contributed by atoms with Gasteiger partial charge in [-0.1, -0.05) is 27.5 Å². The summed E-state index contributed by atoms with van der Waals surface area (Å²) in [4.78, 5) is 11.6. The van der Waals surface area contributed by atoms with E-state index in [9.17, 15) is 13.6 Å². The lowest BCUT2D eigenvalue weighted by molar-refractivity contribution is -0.00270. The Kier molecular flexibility index (Phi) is 5.30. The molecule has 17 heavy (non-hydrogen) atoms. The number of aliphatic hydroxyl groups excluding tert-OH is 1. The molecule has 1 rings (SSSR count). The Bertz CT molecular complexity index is 417. The average Bonchev–Trinajstić information content (AvgIpc) is 2.28. The predicted octanol–water partition coefficient (Wildman–Crippen LogP) is 2.46. The van der Waals surface area contributed by atoms with Crippen LogP contribution in [0.5, 0.6) is 0 Å². The van der Waals surface area contributed by atoms with E-state index in [-0.39, 0.29) is 10.6 Å². The van der Waals surface area contributed by atoms with Crippen LogP contribution in [0.3, 0.4) is 0 Å². The molecule has 0 aromatic heterocycles. The molecular formula is C10H9BrClF2NO2. The molecule has 0 aliphatic carbocycles. The summed E-state index contributed by atoms with van der Waals surface area (Å²) in [6, 6.07) is 4.61. The van der Waals surface area contributed by atoms with Crippen LogP contribution in [-0.4, -0.2) is 30.1 Å². The van der Waals surface area contributed by atoms with Crippen LogP contribution in [-0.2, 0) is 0 Å². The Balaban J connectivity index is 2.67. The number of alkyl halides is 2. The monoisotopic (exact) mass is 327 g/mol. The smallest absolute Gasteiger partial charge is 0.265 e. The van der Waals surface area contributed by atoms with Crippen molar-refractivity contribution >= 4 is 33.4 Å². The van der Waals surface area contributed by atoms with Gasteiger partial charge in [-0.05, 0) is 18.2 Å². The van der Waals surface area contributed by atoms with Gasteiger partial charge in [-0.25, -0.2) is 8.78 Å². The molecule has 2 N–H and O–H groups in total. The van der Waals surface area contributed by atoms with Crippen molar-refractivity contribution in [1.82, 2.24) is 5.32 Å². The highest BCUT2D eigenvalue weighted by molar-refractivity contribution is 9.10. The molecule has 0 radical (unpaired) electrons. The quantitative estimate of drug-likeness (QED) is 0.892. The molecule has 0 aliphatic heterocycles. The van der Waals surface area contributed by atoms with Crippen molar-refractivity contribution in [2.75, 3.05) is 6.54 Å². The molecule has 0 spiro atoms. The summed E-state index contributed by atoms with van der Waals surface area (Å²) in [6.45, 7) is -0.528. The van der Waals surface area contributed by atoms with Gasteiger partial charge in [0.25, 0.3) is 12.3 Å². The fourth-order valence-corrected chi connectivity index (χ4v) is 1.62. The molecule has 3 nitrogen and oxygen atoms in total. The van der Waals surface area contributed by atoms with Crippen molar-refractivity contribution in [2.45, 2.75) is 12.5 Å². The normalized spacial score (nSPS) is 12.6. The summed E-state index contributed by atoms with van der Waals surface area (Å²) in [6.07, 6.45) is -4.78. The highest BCUT2D eigenvalue weighted by Gasteiger charge is 2.18. The van der Waals surface area contributed by atoms with Crippen molar-refractivity contribution < 1.29 is 18.7 Å². The number of aliphatic hydroxyl groups is 1. The number of halogens is 4. The SMILES string of the molecule is O=C(NCC(O)C(F)F)c1cc(Br)ccc1Cl. The third-order valence-electron chi connectivity index (χ3n) is 1.94. The number of hydrogen-bond acceptors (Lipinski definition) is 2. The lowest BCUT2D eigenvalue weighted by Crippen LogP contribution is -2.35. The molecule has 1 unspecified atom stereocenters. The van der Waals surface area contributed by atoms with E-state index in [1.807, 2.05) is 0 Å². The Morgan fingerprint density at radius 3 is 2.76 bits per heavy atom. The third kappa shape index (κ3) is 4.22. The van der Waals surface area contributed by atoms with Crippen LogP contribution < -0.4 is 5.32 Å². The van der Waals surface area contributed by atoms with Gasteiger partial charge in [-0.15, -0.1) is 0 Å². The molecule has 0 fully saturated rings. The highest BCUT2D eigenvalue weighted by atomic mass is 79.9. The molecule has 1 aromatic carbocycles. The minimum absolute atomic E-state index is 0.155. The van der Waals surface area contributed by atoms with Crippen LogP contribution in [0.4, 0.5) is 8.78 Å². The number of carbonyl (C=O) groups is 1. The molecule has 0 heterocycles. The molecule has 1 amide bonds. The Morgan fingerprint density at radius 2 is 2.18 bits per heavy atom. The van der Waals surface area contributed by atoms with Crippen LogP contribution in [0.25, 0.3) is 0 Å². The van der Waals surface area contributed by atoms with Crippen LogP contribution in [0, 0.1) is 0 Å². The zero-order valence-electron chi connectivity index (χ0n) is 8.46. The molecule has 1 aromatic rings. The maximum absolute atomic E-state index is 12.0. The van der Waals surface area contributed by atoms with Gasteiger partial charge in [-0.2, -0.15) is 0 Å². The first-order valence-electron chi connectivity index (χ1n) is 4.61. The summed E-state index contributed by atoms with van der Waals surface area (Å²) in [5, 5.41) is 11.2. The number of carbonyl (C=O) groups excluding carboxylic acids is 1. The maximum atomic E-state index is 12.0.